The number of carbonyl (C=O) groups is 5. The van der Waals surface area contributed by atoms with Gasteiger partial charge >= 0.3 is 5.97 Å². The van der Waals surface area contributed by atoms with E-state index in [1.54, 1.807) is 37.3 Å². The molecule has 0 aliphatic carbocycles. The third-order valence-corrected chi connectivity index (χ3v) is 4.89. The van der Waals surface area contributed by atoms with Crippen molar-refractivity contribution in [2.45, 2.75) is 51.2 Å². The fourth-order valence-corrected chi connectivity index (χ4v) is 2.85. The van der Waals surface area contributed by atoms with Crippen LogP contribution in [0.2, 0.25) is 0 Å². The van der Waals surface area contributed by atoms with Crippen molar-refractivity contribution in [2.75, 3.05) is 6.54 Å². The van der Waals surface area contributed by atoms with Crippen LogP contribution >= 0.6 is 0 Å². The first-order valence-corrected chi connectivity index (χ1v) is 10.2. The summed E-state index contributed by atoms with van der Waals surface area (Å²) in [5.74, 6) is -4.34. The van der Waals surface area contributed by atoms with Gasteiger partial charge in [0.05, 0.1) is 19.0 Å². The standard InChI is InChI=1S/C21H31N5O6/c1-3-12(2)18(21(31)32)26-20(30)15(9-13-7-5-4-6-8-13)25-17(28)11-24-19(29)14(22)10-16(23)27/h4-8,12,14-15,18H,3,9-11,22H2,1-2H3,(H2,23,27)(H,24,29)(H,25,28)(H,26,30)(H,31,32). The molecule has 0 spiro atoms. The van der Waals surface area contributed by atoms with E-state index in [1.807, 2.05) is 6.92 Å². The number of hydrogen-bond donors (Lipinski definition) is 6. The van der Waals surface area contributed by atoms with Gasteiger partial charge < -0.3 is 32.5 Å². The van der Waals surface area contributed by atoms with Gasteiger partial charge in [-0.3, -0.25) is 19.2 Å². The summed E-state index contributed by atoms with van der Waals surface area (Å²) in [5, 5.41) is 16.7. The average Bonchev–Trinajstić information content (AvgIpc) is 2.74. The van der Waals surface area contributed by atoms with Crippen molar-refractivity contribution in [3.63, 3.8) is 0 Å². The zero-order valence-corrected chi connectivity index (χ0v) is 18.2. The highest BCUT2D eigenvalue weighted by atomic mass is 16.4. The summed E-state index contributed by atoms with van der Waals surface area (Å²) >= 11 is 0. The van der Waals surface area contributed by atoms with Crippen LogP contribution in [0, 0.1) is 5.92 Å². The highest BCUT2D eigenvalue weighted by molar-refractivity contribution is 5.93. The first-order chi connectivity index (χ1) is 15.0. The Labute approximate surface area is 186 Å². The molecule has 8 N–H and O–H groups in total. The van der Waals surface area contributed by atoms with Gasteiger partial charge in [0, 0.05) is 6.42 Å². The minimum Gasteiger partial charge on any atom is -0.480 e. The first kappa shape index (κ1) is 26.6. The van der Waals surface area contributed by atoms with Gasteiger partial charge in [-0.1, -0.05) is 50.6 Å². The third-order valence-electron chi connectivity index (χ3n) is 4.89. The molecule has 1 rings (SSSR count). The van der Waals surface area contributed by atoms with Gasteiger partial charge in [-0.05, 0) is 11.5 Å². The Balaban J connectivity index is 2.86. The Kier molecular flexibility index (Phi) is 10.8. The van der Waals surface area contributed by atoms with Gasteiger partial charge in [0.15, 0.2) is 0 Å². The van der Waals surface area contributed by atoms with Crippen LogP contribution in [0.3, 0.4) is 0 Å². The smallest absolute Gasteiger partial charge is 0.326 e. The summed E-state index contributed by atoms with van der Waals surface area (Å²) in [6, 6.07) is 5.47. The van der Waals surface area contributed by atoms with Crippen molar-refractivity contribution in [1.29, 1.82) is 0 Å². The van der Waals surface area contributed by atoms with Crippen molar-refractivity contribution in [3.05, 3.63) is 35.9 Å². The molecule has 176 valence electrons. The predicted molar refractivity (Wildman–Crippen MR) is 116 cm³/mol. The SMILES string of the molecule is CCC(C)C(NC(=O)C(Cc1ccccc1)NC(=O)CNC(=O)C(N)CC(N)=O)C(=O)O. The molecule has 0 aromatic heterocycles. The number of carboxylic acids is 1. The van der Waals surface area contributed by atoms with Gasteiger partial charge in [-0.2, -0.15) is 0 Å². The Bertz CT molecular complexity index is 816. The minimum absolute atomic E-state index is 0.112. The van der Waals surface area contributed by atoms with Crippen molar-refractivity contribution in [1.82, 2.24) is 16.0 Å². The van der Waals surface area contributed by atoms with Gasteiger partial charge in [-0.15, -0.1) is 0 Å². The number of rotatable bonds is 13. The van der Waals surface area contributed by atoms with Crippen molar-refractivity contribution >= 4 is 29.6 Å². The predicted octanol–water partition coefficient (Wildman–Crippen LogP) is -1.35. The maximum atomic E-state index is 12.8. The molecule has 0 saturated carbocycles. The van der Waals surface area contributed by atoms with Crippen LogP contribution < -0.4 is 27.4 Å². The van der Waals surface area contributed by atoms with Crippen LogP contribution in [0.15, 0.2) is 30.3 Å². The highest BCUT2D eigenvalue weighted by Crippen LogP contribution is 2.10. The molecule has 0 fully saturated rings. The quantitative estimate of drug-likeness (QED) is 0.214. The fraction of sp³-hybridized carbons (Fsp3) is 0.476. The van der Waals surface area contributed by atoms with Crippen molar-refractivity contribution in [3.8, 4) is 0 Å². The molecule has 0 aliphatic heterocycles. The molecule has 1 aromatic rings. The maximum Gasteiger partial charge on any atom is 0.326 e. The molecule has 1 aromatic carbocycles. The van der Waals surface area contributed by atoms with E-state index in [-0.39, 0.29) is 18.8 Å². The molecule has 0 aliphatic rings. The van der Waals surface area contributed by atoms with E-state index in [0.717, 1.165) is 5.56 Å². The maximum absolute atomic E-state index is 12.8. The van der Waals surface area contributed by atoms with Crippen LogP contribution in [0.25, 0.3) is 0 Å². The highest BCUT2D eigenvalue weighted by Gasteiger charge is 2.30. The second-order valence-corrected chi connectivity index (χ2v) is 7.51. The largest absolute Gasteiger partial charge is 0.480 e. The van der Waals surface area contributed by atoms with E-state index in [4.69, 9.17) is 11.5 Å². The lowest BCUT2D eigenvalue weighted by Gasteiger charge is -2.24. The summed E-state index contributed by atoms with van der Waals surface area (Å²) < 4.78 is 0. The summed E-state index contributed by atoms with van der Waals surface area (Å²) in [6.07, 6.45) is 0.267. The lowest BCUT2D eigenvalue weighted by Crippen LogP contribution is -2.55. The number of amides is 4. The van der Waals surface area contributed by atoms with Crippen LogP contribution in [0.1, 0.15) is 32.3 Å². The van der Waals surface area contributed by atoms with Crippen molar-refractivity contribution in [2.24, 2.45) is 17.4 Å². The summed E-state index contributed by atoms with van der Waals surface area (Å²) in [4.78, 5) is 59.5. The summed E-state index contributed by atoms with van der Waals surface area (Å²) in [7, 11) is 0. The van der Waals surface area contributed by atoms with E-state index in [0.29, 0.717) is 6.42 Å². The number of benzene rings is 1. The van der Waals surface area contributed by atoms with Crippen LogP contribution in [0.4, 0.5) is 0 Å². The zero-order chi connectivity index (χ0) is 24.3. The topological polar surface area (TPSA) is 194 Å². The van der Waals surface area contributed by atoms with E-state index in [2.05, 4.69) is 16.0 Å². The number of aliphatic carboxylic acids is 1. The van der Waals surface area contributed by atoms with Gasteiger partial charge in [0.2, 0.25) is 23.6 Å². The molecule has 0 heterocycles. The van der Waals surface area contributed by atoms with Gasteiger partial charge in [0.1, 0.15) is 12.1 Å². The molecule has 0 saturated heterocycles. The minimum atomic E-state index is -1.20. The van der Waals surface area contributed by atoms with Crippen LogP contribution in [-0.2, 0) is 30.4 Å². The molecule has 4 amide bonds. The molecule has 0 radical (unpaired) electrons. The Morgan fingerprint density at radius 1 is 1.03 bits per heavy atom. The van der Waals surface area contributed by atoms with Crippen molar-refractivity contribution < 1.29 is 29.1 Å². The second kappa shape index (κ2) is 13.1. The van der Waals surface area contributed by atoms with E-state index < -0.39 is 54.3 Å². The third kappa shape index (κ3) is 9.13. The monoisotopic (exact) mass is 449 g/mol. The number of carboxylic acid groups (broad SMARTS) is 1. The lowest BCUT2D eigenvalue weighted by molar-refractivity contribution is -0.143. The van der Waals surface area contributed by atoms with Gasteiger partial charge in [-0.25, -0.2) is 4.79 Å². The second-order valence-electron chi connectivity index (χ2n) is 7.51. The Morgan fingerprint density at radius 2 is 1.66 bits per heavy atom. The zero-order valence-electron chi connectivity index (χ0n) is 18.2. The molecule has 32 heavy (non-hydrogen) atoms. The number of primary amides is 1. The van der Waals surface area contributed by atoms with E-state index in [1.165, 1.54) is 0 Å². The molecule has 4 unspecified atom stereocenters. The normalized spacial score (nSPS) is 14.3. The number of nitrogens with one attached hydrogen (secondary N) is 3. The van der Waals surface area contributed by atoms with Crippen LogP contribution in [-0.4, -0.2) is 59.4 Å². The lowest BCUT2D eigenvalue weighted by atomic mass is 9.98. The number of carbonyl (C=O) groups excluding carboxylic acids is 4. The van der Waals surface area contributed by atoms with E-state index in [9.17, 15) is 29.1 Å². The molecular weight excluding hydrogens is 418 g/mol. The summed E-state index contributed by atoms with van der Waals surface area (Å²) in [6.45, 7) is 3.02. The molecule has 11 heteroatoms. The molecule has 0 bridgehead atoms. The van der Waals surface area contributed by atoms with Gasteiger partial charge in [0.25, 0.3) is 0 Å². The first-order valence-electron chi connectivity index (χ1n) is 10.2. The van der Waals surface area contributed by atoms with Crippen LogP contribution in [0.5, 0.6) is 0 Å². The number of hydrogen-bond acceptors (Lipinski definition) is 6. The summed E-state index contributed by atoms with van der Waals surface area (Å²) in [5.41, 5.74) is 11.2. The molecule has 11 nitrogen and oxygen atoms in total. The Hall–Kier alpha value is -3.47. The average molecular weight is 450 g/mol. The Morgan fingerprint density at radius 3 is 2.19 bits per heavy atom. The molecule has 4 atom stereocenters. The van der Waals surface area contributed by atoms with E-state index >= 15 is 0 Å². The fourth-order valence-electron chi connectivity index (χ4n) is 2.85. The molecular formula is C21H31N5O6. The number of nitrogens with two attached hydrogens (primary N) is 2.